The largest absolute Gasteiger partial charge is 0.482 e. The summed E-state index contributed by atoms with van der Waals surface area (Å²) in [5.41, 5.74) is 6.36. The maximum absolute atomic E-state index is 12.5. The van der Waals surface area contributed by atoms with Crippen LogP contribution in [-0.2, 0) is 26.3 Å². The molecule has 54 heavy (non-hydrogen) atoms. The standard InChI is InChI=1S/C43H50N4O7/c1-3-4-5-6-7-8-9-10-11-12-27-44-38(48)26-15-30-13-16-33(17-14-30)41-40(32-22-24-35(25-23-32)53-29-39(49)50)45-42(47(41)2)34-20-18-31(19-21-34)36-28-37(43(51)52)54-46-36/h13-26,37H,3-12,27-29H2,1-2H3,(H,44,48)(H,49,50)(H,51,52)/b26-15+. The van der Waals surface area contributed by atoms with Crippen molar-refractivity contribution in [2.24, 2.45) is 12.2 Å². The molecular weight excluding hydrogens is 684 g/mol. The van der Waals surface area contributed by atoms with Gasteiger partial charge in [-0.05, 0) is 47.9 Å². The average Bonchev–Trinajstić information content (AvgIpc) is 3.81. The molecule has 3 N–H and O–H groups in total. The monoisotopic (exact) mass is 734 g/mol. The Morgan fingerprint density at radius 3 is 2.02 bits per heavy atom. The van der Waals surface area contributed by atoms with Gasteiger partial charge in [-0.15, -0.1) is 0 Å². The number of unbranched alkanes of at least 4 members (excludes halogenated alkanes) is 9. The topological polar surface area (TPSA) is 152 Å². The number of benzene rings is 3. The molecule has 1 aliphatic rings. The van der Waals surface area contributed by atoms with Gasteiger partial charge in [0.05, 0.1) is 17.1 Å². The third-order valence-electron chi connectivity index (χ3n) is 9.45. The predicted molar refractivity (Wildman–Crippen MR) is 210 cm³/mol. The van der Waals surface area contributed by atoms with Crippen LogP contribution in [0.5, 0.6) is 5.75 Å². The number of aromatic nitrogens is 2. The van der Waals surface area contributed by atoms with Gasteiger partial charge in [-0.2, -0.15) is 0 Å². The minimum Gasteiger partial charge on any atom is -0.482 e. The van der Waals surface area contributed by atoms with Gasteiger partial charge in [0.15, 0.2) is 6.61 Å². The third kappa shape index (κ3) is 11.1. The van der Waals surface area contributed by atoms with Gasteiger partial charge in [-0.1, -0.05) is 118 Å². The minimum absolute atomic E-state index is 0.107. The van der Waals surface area contributed by atoms with E-state index in [1.165, 1.54) is 51.4 Å². The van der Waals surface area contributed by atoms with Gasteiger partial charge >= 0.3 is 11.9 Å². The van der Waals surface area contributed by atoms with Crippen molar-refractivity contribution in [2.75, 3.05) is 13.2 Å². The Morgan fingerprint density at radius 2 is 1.41 bits per heavy atom. The van der Waals surface area contributed by atoms with Gasteiger partial charge < -0.3 is 29.7 Å². The van der Waals surface area contributed by atoms with Crippen molar-refractivity contribution in [3.05, 3.63) is 90.0 Å². The van der Waals surface area contributed by atoms with Crippen molar-refractivity contribution < 1.29 is 34.2 Å². The molecule has 1 aromatic heterocycles. The van der Waals surface area contributed by atoms with Gasteiger partial charge in [-0.3, -0.25) is 4.79 Å². The van der Waals surface area contributed by atoms with Gasteiger partial charge in [0.1, 0.15) is 11.6 Å². The Labute approximate surface area is 316 Å². The molecule has 2 heterocycles. The summed E-state index contributed by atoms with van der Waals surface area (Å²) in [5, 5.41) is 25.2. The summed E-state index contributed by atoms with van der Waals surface area (Å²) in [7, 11) is 1.94. The molecule has 3 aromatic carbocycles. The van der Waals surface area contributed by atoms with E-state index in [1.807, 2.05) is 78.4 Å². The second-order valence-electron chi connectivity index (χ2n) is 13.6. The number of hydrogen-bond acceptors (Lipinski definition) is 7. The van der Waals surface area contributed by atoms with Crippen LogP contribution < -0.4 is 10.1 Å². The number of carbonyl (C=O) groups excluding carboxylic acids is 1. The second kappa shape index (κ2) is 19.9. The number of carboxylic acids is 2. The molecule has 0 saturated carbocycles. The fraction of sp³-hybridized carbons (Fsp3) is 0.372. The second-order valence-corrected chi connectivity index (χ2v) is 13.6. The zero-order valence-corrected chi connectivity index (χ0v) is 31.1. The molecule has 284 valence electrons. The molecule has 0 fully saturated rings. The van der Waals surface area contributed by atoms with Crippen LogP contribution in [-0.4, -0.2) is 62.6 Å². The summed E-state index contributed by atoms with van der Waals surface area (Å²) in [4.78, 5) is 44.9. The number of nitrogens with zero attached hydrogens (tertiary/aromatic N) is 3. The zero-order chi connectivity index (χ0) is 38.3. The lowest BCUT2D eigenvalue weighted by molar-refractivity contribution is -0.148. The van der Waals surface area contributed by atoms with Crippen molar-refractivity contribution >= 4 is 29.6 Å². The summed E-state index contributed by atoms with van der Waals surface area (Å²) >= 11 is 0. The molecule has 11 heteroatoms. The highest BCUT2D eigenvalue weighted by Gasteiger charge is 2.28. The van der Waals surface area contributed by atoms with E-state index in [1.54, 1.807) is 18.2 Å². The van der Waals surface area contributed by atoms with Crippen molar-refractivity contribution in [1.29, 1.82) is 0 Å². The first-order chi connectivity index (χ1) is 26.2. The number of carbonyl (C=O) groups is 3. The van der Waals surface area contributed by atoms with Crippen LogP contribution in [0.1, 0.15) is 88.7 Å². The van der Waals surface area contributed by atoms with Gasteiger partial charge in [-0.25, -0.2) is 14.6 Å². The SMILES string of the molecule is CCCCCCCCCCCCNC(=O)/C=C/c1ccc(-c2c(-c3ccc(OCC(=O)O)cc3)nc(-c3ccc(C4=NOC(C(=O)O)C4)cc3)n2C)cc1. The van der Waals surface area contributed by atoms with Crippen LogP contribution in [0.3, 0.4) is 0 Å². The summed E-state index contributed by atoms with van der Waals surface area (Å²) < 4.78 is 7.36. The number of aliphatic carboxylic acids is 2. The lowest BCUT2D eigenvalue weighted by Crippen LogP contribution is -2.21. The molecule has 1 amide bonds. The van der Waals surface area contributed by atoms with Crippen LogP contribution in [0, 0.1) is 0 Å². The quantitative estimate of drug-likeness (QED) is 0.0569. The number of ether oxygens (including phenoxy) is 1. The van der Waals surface area contributed by atoms with E-state index in [-0.39, 0.29) is 12.3 Å². The highest BCUT2D eigenvalue weighted by Crippen LogP contribution is 2.36. The predicted octanol–water partition coefficient (Wildman–Crippen LogP) is 8.51. The van der Waals surface area contributed by atoms with Gasteiger partial charge in [0.25, 0.3) is 0 Å². The maximum Gasteiger partial charge on any atom is 0.348 e. The van der Waals surface area contributed by atoms with Crippen molar-refractivity contribution in [2.45, 2.75) is 83.7 Å². The number of imidazole rings is 1. The van der Waals surface area contributed by atoms with E-state index < -0.39 is 24.6 Å². The Hall–Kier alpha value is -5.71. The molecule has 0 aliphatic carbocycles. The highest BCUT2D eigenvalue weighted by atomic mass is 16.7. The maximum atomic E-state index is 12.5. The molecule has 1 aliphatic heterocycles. The molecular formula is C43H50N4O7. The third-order valence-corrected chi connectivity index (χ3v) is 9.45. The highest BCUT2D eigenvalue weighted by molar-refractivity contribution is 6.03. The molecule has 5 rings (SSSR count). The summed E-state index contributed by atoms with van der Waals surface area (Å²) in [6.07, 6.45) is 15.1. The van der Waals surface area contributed by atoms with Crippen LogP contribution >= 0.6 is 0 Å². The lowest BCUT2D eigenvalue weighted by atomic mass is 10.0. The van der Waals surface area contributed by atoms with Crippen LogP contribution in [0.2, 0.25) is 0 Å². The van der Waals surface area contributed by atoms with Crippen LogP contribution in [0.25, 0.3) is 40.0 Å². The Bertz CT molecular complexity index is 1910. The number of oxime groups is 1. The van der Waals surface area contributed by atoms with Crippen molar-refractivity contribution in [3.8, 4) is 39.7 Å². The van der Waals surface area contributed by atoms with E-state index in [9.17, 15) is 19.5 Å². The normalized spacial score (nSPS) is 13.8. The van der Waals surface area contributed by atoms with E-state index in [0.29, 0.717) is 29.5 Å². The number of rotatable bonds is 21. The van der Waals surface area contributed by atoms with E-state index in [2.05, 4.69) is 17.4 Å². The molecule has 1 unspecified atom stereocenters. The minimum atomic E-state index is -1.06. The Morgan fingerprint density at radius 1 is 0.815 bits per heavy atom. The van der Waals surface area contributed by atoms with E-state index >= 15 is 0 Å². The van der Waals surface area contributed by atoms with E-state index in [4.69, 9.17) is 19.7 Å². The Kier molecular flexibility index (Phi) is 14.6. The molecule has 0 bridgehead atoms. The van der Waals surface area contributed by atoms with Crippen LogP contribution in [0.4, 0.5) is 0 Å². The number of carboxylic acid groups (broad SMARTS) is 2. The summed E-state index contributed by atoms with van der Waals surface area (Å²) in [5.74, 6) is -1.08. The number of hydrogen-bond donors (Lipinski definition) is 3. The molecule has 0 radical (unpaired) electrons. The lowest BCUT2D eigenvalue weighted by Gasteiger charge is -2.10. The smallest absolute Gasteiger partial charge is 0.348 e. The summed E-state index contributed by atoms with van der Waals surface area (Å²) in [6.45, 7) is 2.48. The fourth-order valence-electron chi connectivity index (χ4n) is 6.44. The Balaban J connectivity index is 1.26. The van der Waals surface area contributed by atoms with Gasteiger partial charge in [0, 0.05) is 42.8 Å². The van der Waals surface area contributed by atoms with E-state index in [0.717, 1.165) is 46.4 Å². The zero-order valence-electron chi connectivity index (χ0n) is 31.1. The molecule has 0 spiro atoms. The number of amides is 1. The molecule has 0 saturated heterocycles. The fourth-order valence-corrected chi connectivity index (χ4v) is 6.44. The average molecular weight is 735 g/mol. The van der Waals surface area contributed by atoms with Crippen LogP contribution in [0.15, 0.2) is 84.0 Å². The molecule has 11 nitrogen and oxygen atoms in total. The van der Waals surface area contributed by atoms with Gasteiger partial charge in [0.2, 0.25) is 12.0 Å². The first-order valence-electron chi connectivity index (χ1n) is 18.9. The molecule has 1 atom stereocenters. The summed E-state index contributed by atoms with van der Waals surface area (Å²) in [6, 6.07) is 22.6. The number of nitrogens with one attached hydrogen (secondary N) is 1. The first-order valence-corrected chi connectivity index (χ1v) is 18.9. The van der Waals surface area contributed by atoms with Crippen molar-refractivity contribution in [1.82, 2.24) is 14.9 Å². The van der Waals surface area contributed by atoms with Crippen molar-refractivity contribution in [3.63, 3.8) is 0 Å². The molecule has 4 aromatic rings. The first kappa shape index (κ1) is 39.5.